The number of carbonyl (C=O) groups excluding carboxylic acids is 1. The van der Waals surface area contributed by atoms with E-state index in [0.717, 1.165) is 29.2 Å². The minimum atomic E-state index is -4.56. The van der Waals surface area contributed by atoms with Crippen LogP contribution in [0.25, 0.3) is 0 Å². The van der Waals surface area contributed by atoms with E-state index < -0.39 is 29.8 Å². The largest absolute Gasteiger partial charge is 0.479 e. The Hall–Kier alpha value is -3.81. The molecule has 0 spiro atoms. The Morgan fingerprint density at radius 3 is 1.88 bits per heavy atom. The number of hydrogen-bond acceptors (Lipinski definition) is 3. The van der Waals surface area contributed by atoms with E-state index in [4.69, 9.17) is 4.74 Å². The van der Waals surface area contributed by atoms with Crippen molar-refractivity contribution in [3.8, 4) is 0 Å². The summed E-state index contributed by atoms with van der Waals surface area (Å²) in [5, 5.41) is 9.87. The standard InChI is InChI=1S/C24H20F3NO4/c25-24(26,27)20-13-11-19(12-14-20)21(22(29)30)28(15-17-7-3-1-4-8-17)23(31)32-16-18-9-5-2-6-10-18/h1-14,21H,15-16H2,(H,29,30). The molecule has 0 heterocycles. The maximum atomic E-state index is 12.9. The van der Waals surface area contributed by atoms with E-state index in [0.29, 0.717) is 11.1 Å². The Kier molecular flexibility index (Phi) is 7.14. The Labute approximate surface area is 182 Å². The SMILES string of the molecule is O=C(O)C(c1ccc(C(F)(F)F)cc1)N(Cc1ccccc1)C(=O)OCc1ccccc1. The average Bonchev–Trinajstić information content (AvgIpc) is 2.78. The molecular formula is C24H20F3NO4. The van der Waals surface area contributed by atoms with Crippen molar-refractivity contribution in [3.63, 3.8) is 0 Å². The van der Waals surface area contributed by atoms with Gasteiger partial charge in [-0.25, -0.2) is 9.59 Å². The highest BCUT2D eigenvalue weighted by Crippen LogP contribution is 2.31. The zero-order chi connectivity index (χ0) is 23.1. The highest BCUT2D eigenvalue weighted by molar-refractivity contribution is 5.81. The Bertz CT molecular complexity index is 1040. The Morgan fingerprint density at radius 2 is 1.38 bits per heavy atom. The topological polar surface area (TPSA) is 66.8 Å². The van der Waals surface area contributed by atoms with E-state index in [9.17, 15) is 27.9 Å². The van der Waals surface area contributed by atoms with E-state index in [2.05, 4.69) is 0 Å². The van der Waals surface area contributed by atoms with Gasteiger partial charge in [-0.2, -0.15) is 13.2 Å². The first kappa shape index (κ1) is 22.9. The van der Waals surface area contributed by atoms with Gasteiger partial charge < -0.3 is 9.84 Å². The smallest absolute Gasteiger partial charge is 0.416 e. The zero-order valence-electron chi connectivity index (χ0n) is 16.8. The molecule has 166 valence electrons. The highest BCUT2D eigenvalue weighted by atomic mass is 19.4. The second-order valence-corrected chi connectivity index (χ2v) is 7.01. The van der Waals surface area contributed by atoms with Gasteiger partial charge in [0.25, 0.3) is 0 Å². The number of ether oxygens (including phenoxy) is 1. The fourth-order valence-electron chi connectivity index (χ4n) is 3.15. The first-order valence-electron chi connectivity index (χ1n) is 9.67. The number of benzene rings is 3. The third-order valence-electron chi connectivity index (χ3n) is 4.73. The van der Waals surface area contributed by atoms with Crippen molar-refractivity contribution in [3.05, 3.63) is 107 Å². The number of carboxylic acids is 1. The number of nitrogens with zero attached hydrogens (tertiary/aromatic N) is 1. The molecule has 1 atom stereocenters. The number of carbonyl (C=O) groups is 2. The van der Waals surface area contributed by atoms with Gasteiger partial charge in [0.05, 0.1) is 12.1 Å². The van der Waals surface area contributed by atoms with Crippen molar-refractivity contribution < 1.29 is 32.6 Å². The number of rotatable bonds is 7. The molecule has 8 heteroatoms. The monoisotopic (exact) mass is 443 g/mol. The van der Waals surface area contributed by atoms with E-state index >= 15 is 0 Å². The quantitative estimate of drug-likeness (QED) is 0.511. The fraction of sp³-hybridized carbons (Fsp3) is 0.167. The van der Waals surface area contributed by atoms with Gasteiger partial charge in [0, 0.05) is 0 Å². The summed E-state index contributed by atoms with van der Waals surface area (Å²) in [7, 11) is 0. The van der Waals surface area contributed by atoms with Crippen molar-refractivity contribution in [2.45, 2.75) is 25.4 Å². The number of carboxylic acid groups (broad SMARTS) is 1. The molecule has 1 unspecified atom stereocenters. The molecule has 1 N–H and O–H groups in total. The molecule has 5 nitrogen and oxygen atoms in total. The summed E-state index contributed by atoms with van der Waals surface area (Å²) in [6, 6.07) is 19.7. The zero-order valence-corrected chi connectivity index (χ0v) is 16.8. The van der Waals surface area contributed by atoms with E-state index in [-0.39, 0.29) is 18.7 Å². The predicted octanol–water partition coefficient (Wildman–Crippen LogP) is 5.67. The second-order valence-electron chi connectivity index (χ2n) is 7.01. The third-order valence-corrected chi connectivity index (χ3v) is 4.73. The molecule has 32 heavy (non-hydrogen) atoms. The van der Waals surface area contributed by atoms with Crippen LogP contribution in [-0.2, 0) is 28.9 Å². The molecule has 0 radical (unpaired) electrons. The number of alkyl halides is 3. The molecule has 0 fully saturated rings. The molecule has 0 aromatic heterocycles. The highest BCUT2D eigenvalue weighted by Gasteiger charge is 2.34. The van der Waals surface area contributed by atoms with Crippen molar-refractivity contribution >= 4 is 12.1 Å². The average molecular weight is 443 g/mol. The van der Waals surface area contributed by atoms with Crippen LogP contribution in [0.2, 0.25) is 0 Å². The van der Waals surface area contributed by atoms with Gasteiger partial charge in [0.15, 0.2) is 6.04 Å². The normalized spacial score (nSPS) is 12.1. The minimum absolute atomic E-state index is 0.0260. The second kappa shape index (κ2) is 10.00. The molecule has 0 aliphatic carbocycles. The summed E-state index contributed by atoms with van der Waals surface area (Å²) in [6.07, 6.45) is -5.46. The van der Waals surface area contributed by atoms with Crippen LogP contribution in [0, 0.1) is 0 Å². The molecule has 0 aliphatic rings. The molecule has 3 aromatic rings. The summed E-state index contributed by atoms with van der Waals surface area (Å²) in [5.74, 6) is -1.39. The molecule has 1 amide bonds. The fourth-order valence-corrected chi connectivity index (χ4v) is 3.15. The third kappa shape index (κ3) is 5.87. The summed E-state index contributed by atoms with van der Waals surface area (Å²) < 4.78 is 44.1. The van der Waals surface area contributed by atoms with E-state index in [1.807, 2.05) is 0 Å². The van der Waals surface area contributed by atoms with Crippen molar-refractivity contribution in [1.29, 1.82) is 0 Å². The van der Waals surface area contributed by atoms with Crippen LogP contribution >= 0.6 is 0 Å². The van der Waals surface area contributed by atoms with Crippen LogP contribution in [-0.4, -0.2) is 22.1 Å². The number of halogens is 3. The molecular weight excluding hydrogens is 423 g/mol. The first-order chi connectivity index (χ1) is 15.3. The maximum Gasteiger partial charge on any atom is 0.416 e. The molecule has 0 saturated heterocycles. The minimum Gasteiger partial charge on any atom is -0.479 e. The van der Waals surface area contributed by atoms with Gasteiger partial charge in [-0.05, 0) is 28.8 Å². The number of amides is 1. The van der Waals surface area contributed by atoms with Gasteiger partial charge in [-0.1, -0.05) is 72.8 Å². The van der Waals surface area contributed by atoms with Crippen molar-refractivity contribution in [2.75, 3.05) is 0 Å². The molecule has 0 saturated carbocycles. The number of hydrogen-bond donors (Lipinski definition) is 1. The van der Waals surface area contributed by atoms with Gasteiger partial charge in [-0.3, -0.25) is 4.90 Å². The molecule has 0 bridgehead atoms. The van der Waals surface area contributed by atoms with E-state index in [1.165, 1.54) is 0 Å². The van der Waals surface area contributed by atoms with Crippen LogP contribution in [0.4, 0.5) is 18.0 Å². The molecule has 3 rings (SSSR count). The van der Waals surface area contributed by atoms with Crippen LogP contribution in [0.5, 0.6) is 0 Å². The van der Waals surface area contributed by atoms with E-state index in [1.54, 1.807) is 60.7 Å². The van der Waals surface area contributed by atoms with Crippen LogP contribution in [0.3, 0.4) is 0 Å². The van der Waals surface area contributed by atoms with Crippen LogP contribution in [0.1, 0.15) is 28.3 Å². The van der Waals surface area contributed by atoms with Gasteiger partial charge in [0.2, 0.25) is 0 Å². The molecule has 0 aliphatic heterocycles. The summed E-state index contributed by atoms with van der Waals surface area (Å²) in [6.45, 7) is -0.184. The van der Waals surface area contributed by atoms with Gasteiger partial charge in [-0.15, -0.1) is 0 Å². The summed E-state index contributed by atoms with van der Waals surface area (Å²) in [5.41, 5.74) is 0.467. The van der Waals surface area contributed by atoms with Crippen LogP contribution in [0.15, 0.2) is 84.9 Å². The predicted molar refractivity (Wildman–Crippen MR) is 110 cm³/mol. The lowest BCUT2D eigenvalue weighted by molar-refractivity contribution is -0.143. The summed E-state index contributed by atoms with van der Waals surface area (Å²) >= 11 is 0. The number of aliphatic carboxylic acids is 1. The maximum absolute atomic E-state index is 12.9. The lowest BCUT2D eigenvalue weighted by Gasteiger charge is -2.29. The van der Waals surface area contributed by atoms with Gasteiger partial charge in [0.1, 0.15) is 6.61 Å². The Morgan fingerprint density at radius 1 is 0.844 bits per heavy atom. The Balaban J connectivity index is 1.91. The summed E-state index contributed by atoms with van der Waals surface area (Å²) in [4.78, 5) is 26.0. The lowest BCUT2D eigenvalue weighted by atomic mass is 10.0. The van der Waals surface area contributed by atoms with Crippen LogP contribution < -0.4 is 0 Å². The first-order valence-corrected chi connectivity index (χ1v) is 9.67. The lowest BCUT2D eigenvalue weighted by Crippen LogP contribution is -2.39. The van der Waals surface area contributed by atoms with Crippen molar-refractivity contribution in [2.24, 2.45) is 0 Å². The van der Waals surface area contributed by atoms with Gasteiger partial charge >= 0.3 is 18.2 Å². The van der Waals surface area contributed by atoms with Crippen molar-refractivity contribution in [1.82, 2.24) is 4.90 Å². The molecule has 3 aromatic carbocycles.